The Morgan fingerprint density at radius 2 is 1.71 bits per heavy atom. The Morgan fingerprint density at radius 1 is 0.927 bits per heavy atom. The standard InChI is InChI=1S/C30H17F6N3O2/c31-18-11-23(32)22(24(33)12-18)14-39-15-38-29(40)21-13-19(6-7-26(21)39)41-27-3-1-2-20(28(27)30(34,35)36)17-5-4-16-8-9-37-25(16)10-17/h1-7,9-13,15H,8,14H2. The maximum Gasteiger partial charge on any atom is 0.420 e. The van der Waals surface area contributed by atoms with Crippen molar-refractivity contribution >= 4 is 22.8 Å². The predicted molar refractivity (Wildman–Crippen MR) is 140 cm³/mol. The van der Waals surface area contributed by atoms with E-state index >= 15 is 0 Å². The molecular weight excluding hydrogens is 548 g/mol. The summed E-state index contributed by atoms with van der Waals surface area (Å²) in [5, 5.41) is -0.0610. The van der Waals surface area contributed by atoms with Crippen molar-refractivity contribution in [3.63, 3.8) is 0 Å². The van der Waals surface area contributed by atoms with Crippen LogP contribution in [0.5, 0.6) is 11.5 Å². The summed E-state index contributed by atoms with van der Waals surface area (Å²) in [5.74, 6) is -3.90. The molecule has 5 aromatic rings. The van der Waals surface area contributed by atoms with E-state index in [1.165, 1.54) is 41.0 Å². The number of benzene rings is 4. The van der Waals surface area contributed by atoms with Gasteiger partial charge in [0.1, 0.15) is 34.5 Å². The highest BCUT2D eigenvalue weighted by atomic mass is 19.4. The van der Waals surface area contributed by atoms with E-state index in [9.17, 15) is 31.1 Å². The van der Waals surface area contributed by atoms with Crippen molar-refractivity contribution in [2.45, 2.75) is 19.1 Å². The molecule has 0 amide bonds. The van der Waals surface area contributed by atoms with E-state index in [-0.39, 0.29) is 22.2 Å². The number of ether oxygens (including phenoxy) is 1. The Bertz CT molecular complexity index is 1910. The molecule has 4 aromatic carbocycles. The van der Waals surface area contributed by atoms with Gasteiger partial charge in [0, 0.05) is 30.3 Å². The van der Waals surface area contributed by atoms with Gasteiger partial charge in [0.2, 0.25) is 0 Å². The Hall–Kier alpha value is -4.93. The van der Waals surface area contributed by atoms with E-state index < -0.39 is 52.6 Å². The summed E-state index contributed by atoms with van der Waals surface area (Å²) < 4.78 is 91.9. The lowest BCUT2D eigenvalue weighted by atomic mass is 9.96. The molecule has 0 radical (unpaired) electrons. The summed E-state index contributed by atoms with van der Waals surface area (Å²) in [6.07, 6.45) is -1.42. The SMILES string of the molecule is O=c1ncn(Cc2c(F)cc(F)cc2F)c2ccc(Oc3cccc(-c4ccc5c(c4)N=CC5)c3C(F)(F)F)cc12. The van der Waals surface area contributed by atoms with E-state index in [2.05, 4.69) is 9.98 Å². The average molecular weight is 565 g/mol. The van der Waals surface area contributed by atoms with E-state index in [0.29, 0.717) is 29.8 Å². The second kappa shape index (κ2) is 9.92. The molecule has 0 unspecified atom stereocenters. The van der Waals surface area contributed by atoms with Gasteiger partial charge in [-0.2, -0.15) is 18.2 Å². The minimum atomic E-state index is -4.79. The van der Waals surface area contributed by atoms with Crippen molar-refractivity contribution in [2.24, 2.45) is 4.99 Å². The number of alkyl halides is 3. The third kappa shape index (κ3) is 4.94. The summed E-state index contributed by atoms with van der Waals surface area (Å²) in [7, 11) is 0. The summed E-state index contributed by atoms with van der Waals surface area (Å²) in [4.78, 5) is 20.5. The van der Waals surface area contributed by atoms with E-state index in [0.717, 1.165) is 11.9 Å². The molecule has 1 aliphatic rings. The van der Waals surface area contributed by atoms with Crippen LogP contribution in [0, 0.1) is 17.5 Å². The van der Waals surface area contributed by atoms with Gasteiger partial charge < -0.3 is 9.30 Å². The minimum Gasteiger partial charge on any atom is -0.457 e. The number of halogens is 6. The summed E-state index contributed by atoms with van der Waals surface area (Å²) in [6.45, 7) is -0.424. The van der Waals surface area contributed by atoms with Gasteiger partial charge in [-0.1, -0.05) is 24.3 Å². The zero-order valence-electron chi connectivity index (χ0n) is 20.8. The number of hydrogen-bond donors (Lipinski definition) is 0. The van der Waals surface area contributed by atoms with Crippen LogP contribution in [0.2, 0.25) is 0 Å². The number of fused-ring (bicyclic) bond motifs is 2. The second-order valence-corrected chi connectivity index (χ2v) is 9.34. The molecule has 0 fully saturated rings. The molecule has 6 rings (SSSR count). The fourth-order valence-corrected chi connectivity index (χ4v) is 4.82. The summed E-state index contributed by atoms with van der Waals surface area (Å²) >= 11 is 0. The number of nitrogens with zero attached hydrogens (tertiary/aromatic N) is 3. The minimum absolute atomic E-state index is 0.0610. The van der Waals surface area contributed by atoms with Crippen LogP contribution in [0.1, 0.15) is 16.7 Å². The van der Waals surface area contributed by atoms with Crippen molar-refractivity contribution in [1.29, 1.82) is 0 Å². The first-order chi connectivity index (χ1) is 19.6. The van der Waals surface area contributed by atoms with E-state index in [1.807, 2.05) is 0 Å². The molecule has 2 heterocycles. The van der Waals surface area contributed by atoms with Crippen LogP contribution in [0.15, 0.2) is 82.8 Å². The highest BCUT2D eigenvalue weighted by Gasteiger charge is 2.38. The molecule has 0 saturated carbocycles. The van der Waals surface area contributed by atoms with Crippen LogP contribution < -0.4 is 10.3 Å². The molecule has 1 aromatic heterocycles. The maximum absolute atomic E-state index is 14.4. The van der Waals surface area contributed by atoms with Gasteiger partial charge in [-0.25, -0.2) is 13.2 Å². The molecular formula is C30H17F6N3O2. The molecule has 0 N–H and O–H groups in total. The largest absolute Gasteiger partial charge is 0.457 e. The Labute approximate surface area is 228 Å². The number of aromatic nitrogens is 2. The molecule has 1 aliphatic heterocycles. The van der Waals surface area contributed by atoms with Crippen LogP contribution in [0.25, 0.3) is 22.0 Å². The Balaban J connectivity index is 1.40. The van der Waals surface area contributed by atoms with E-state index in [4.69, 9.17) is 4.74 Å². The van der Waals surface area contributed by atoms with E-state index in [1.54, 1.807) is 24.4 Å². The predicted octanol–water partition coefficient (Wildman–Crippen LogP) is 7.60. The fraction of sp³-hybridized carbons (Fsp3) is 0.100. The van der Waals surface area contributed by atoms with Gasteiger partial charge in [-0.15, -0.1) is 0 Å². The first kappa shape index (κ1) is 26.3. The van der Waals surface area contributed by atoms with Crippen LogP contribution in [0.4, 0.5) is 32.0 Å². The van der Waals surface area contributed by atoms with Crippen molar-refractivity contribution in [1.82, 2.24) is 9.55 Å². The normalized spacial score (nSPS) is 12.6. The molecule has 11 heteroatoms. The van der Waals surface area contributed by atoms with Crippen LogP contribution in [-0.2, 0) is 19.1 Å². The van der Waals surface area contributed by atoms with Gasteiger partial charge in [0.25, 0.3) is 5.56 Å². The zero-order valence-corrected chi connectivity index (χ0v) is 20.8. The maximum atomic E-state index is 14.4. The first-order valence-corrected chi connectivity index (χ1v) is 12.2. The fourth-order valence-electron chi connectivity index (χ4n) is 4.82. The molecule has 0 spiro atoms. The number of rotatable bonds is 5. The van der Waals surface area contributed by atoms with Crippen molar-refractivity contribution < 1.29 is 31.1 Å². The molecule has 41 heavy (non-hydrogen) atoms. The first-order valence-electron chi connectivity index (χ1n) is 12.2. The third-order valence-electron chi connectivity index (χ3n) is 6.73. The molecule has 0 saturated heterocycles. The monoisotopic (exact) mass is 565 g/mol. The third-order valence-corrected chi connectivity index (χ3v) is 6.73. The van der Waals surface area contributed by atoms with Crippen LogP contribution in [0.3, 0.4) is 0 Å². The van der Waals surface area contributed by atoms with Gasteiger partial charge in [0.15, 0.2) is 0 Å². The van der Waals surface area contributed by atoms with Crippen molar-refractivity contribution in [3.05, 3.63) is 118 Å². The summed E-state index contributed by atoms with van der Waals surface area (Å²) in [5.41, 5.74) is -0.292. The van der Waals surface area contributed by atoms with Gasteiger partial charge in [-0.3, -0.25) is 9.79 Å². The highest BCUT2D eigenvalue weighted by Crippen LogP contribution is 2.45. The lowest BCUT2D eigenvalue weighted by Gasteiger charge is -2.19. The smallest absolute Gasteiger partial charge is 0.420 e. The van der Waals surface area contributed by atoms with Crippen molar-refractivity contribution in [3.8, 4) is 22.6 Å². The van der Waals surface area contributed by atoms with Crippen LogP contribution >= 0.6 is 0 Å². The Kier molecular flexibility index (Phi) is 6.36. The summed E-state index contributed by atoms with van der Waals surface area (Å²) in [6, 6.07) is 13.8. The molecule has 0 atom stereocenters. The van der Waals surface area contributed by atoms with Crippen molar-refractivity contribution in [2.75, 3.05) is 0 Å². The highest BCUT2D eigenvalue weighted by molar-refractivity contribution is 5.82. The molecule has 0 bridgehead atoms. The molecule has 206 valence electrons. The quantitative estimate of drug-likeness (QED) is 0.206. The van der Waals surface area contributed by atoms with Crippen LogP contribution in [-0.4, -0.2) is 15.8 Å². The lowest BCUT2D eigenvalue weighted by molar-refractivity contribution is -0.138. The lowest BCUT2D eigenvalue weighted by Crippen LogP contribution is -2.14. The van der Waals surface area contributed by atoms with Gasteiger partial charge in [-0.05, 0) is 47.0 Å². The number of aliphatic imine (C=N–C) groups is 1. The average Bonchev–Trinajstić information content (AvgIpc) is 3.39. The van der Waals surface area contributed by atoms with Gasteiger partial charge in [0.05, 0.1) is 29.5 Å². The Morgan fingerprint density at radius 3 is 2.46 bits per heavy atom. The van der Waals surface area contributed by atoms with Gasteiger partial charge >= 0.3 is 6.18 Å². The second-order valence-electron chi connectivity index (χ2n) is 9.34. The topological polar surface area (TPSA) is 56.5 Å². The number of hydrogen-bond acceptors (Lipinski definition) is 4. The zero-order chi connectivity index (χ0) is 28.9. The molecule has 0 aliphatic carbocycles. The molecule has 5 nitrogen and oxygen atoms in total.